The van der Waals surface area contributed by atoms with Crippen molar-refractivity contribution in [3.05, 3.63) is 23.8 Å². The monoisotopic (exact) mass is 263 g/mol. The van der Waals surface area contributed by atoms with Crippen LogP contribution in [0.5, 0.6) is 5.75 Å². The molecule has 1 unspecified atom stereocenters. The summed E-state index contributed by atoms with van der Waals surface area (Å²) in [7, 11) is 1.53. The number of anilines is 1. The quantitative estimate of drug-likeness (QED) is 0.762. The van der Waals surface area contributed by atoms with E-state index in [-0.39, 0.29) is 17.7 Å². The minimum atomic E-state index is -0.367. The molecule has 6 heteroatoms. The van der Waals surface area contributed by atoms with Crippen LogP contribution in [0.4, 0.5) is 5.69 Å². The lowest BCUT2D eigenvalue weighted by molar-refractivity contribution is -0.121. The molecule has 1 fully saturated rings. The maximum absolute atomic E-state index is 12.3. The molecule has 1 aromatic carbocycles. The van der Waals surface area contributed by atoms with E-state index in [0.29, 0.717) is 36.5 Å². The number of nitrogens with two attached hydrogens (primary N) is 2. The van der Waals surface area contributed by atoms with Gasteiger partial charge in [0.2, 0.25) is 5.91 Å². The zero-order valence-electron chi connectivity index (χ0n) is 10.8. The number of amides is 2. The van der Waals surface area contributed by atoms with Gasteiger partial charge >= 0.3 is 0 Å². The van der Waals surface area contributed by atoms with E-state index in [1.807, 2.05) is 0 Å². The number of rotatable bonds is 3. The van der Waals surface area contributed by atoms with Crippen molar-refractivity contribution >= 4 is 17.5 Å². The molecule has 0 saturated carbocycles. The van der Waals surface area contributed by atoms with Crippen molar-refractivity contribution in [1.82, 2.24) is 4.90 Å². The van der Waals surface area contributed by atoms with Crippen molar-refractivity contribution in [2.24, 2.45) is 11.7 Å². The molecule has 102 valence electrons. The normalized spacial score (nSPS) is 18.4. The van der Waals surface area contributed by atoms with Gasteiger partial charge in [-0.05, 0) is 24.6 Å². The van der Waals surface area contributed by atoms with Gasteiger partial charge in [0.25, 0.3) is 5.91 Å². The summed E-state index contributed by atoms with van der Waals surface area (Å²) in [6.07, 6.45) is 0.602. The van der Waals surface area contributed by atoms with Gasteiger partial charge in [-0.15, -0.1) is 0 Å². The smallest absolute Gasteiger partial charge is 0.256 e. The number of hydrogen-bond donors (Lipinski definition) is 2. The van der Waals surface area contributed by atoms with E-state index in [1.165, 1.54) is 7.11 Å². The number of nitrogens with zero attached hydrogens (tertiary/aromatic N) is 1. The summed E-state index contributed by atoms with van der Waals surface area (Å²) >= 11 is 0. The second kappa shape index (κ2) is 5.17. The molecule has 1 aliphatic rings. The lowest BCUT2D eigenvalue weighted by Crippen LogP contribution is -2.32. The lowest BCUT2D eigenvalue weighted by atomic mass is 10.1. The van der Waals surface area contributed by atoms with Gasteiger partial charge in [-0.3, -0.25) is 9.59 Å². The van der Waals surface area contributed by atoms with E-state index in [1.54, 1.807) is 23.1 Å². The second-order valence-corrected chi connectivity index (χ2v) is 4.59. The summed E-state index contributed by atoms with van der Waals surface area (Å²) in [5.74, 6) is -0.256. The fourth-order valence-corrected chi connectivity index (χ4v) is 2.19. The fraction of sp³-hybridized carbons (Fsp3) is 0.385. The molecule has 1 atom stereocenters. The molecular weight excluding hydrogens is 246 g/mol. The van der Waals surface area contributed by atoms with Crippen LogP contribution in [0.3, 0.4) is 0 Å². The van der Waals surface area contributed by atoms with E-state index in [0.717, 1.165) is 0 Å². The fourth-order valence-electron chi connectivity index (χ4n) is 2.19. The number of methoxy groups -OCH3 is 1. The molecule has 0 aliphatic carbocycles. The van der Waals surface area contributed by atoms with Gasteiger partial charge in [0.1, 0.15) is 5.75 Å². The molecule has 1 aromatic rings. The Kier molecular flexibility index (Phi) is 3.59. The van der Waals surface area contributed by atoms with Crippen LogP contribution >= 0.6 is 0 Å². The highest BCUT2D eigenvalue weighted by molar-refractivity contribution is 6.00. The van der Waals surface area contributed by atoms with E-state index in [2.05, 4.69) is 0 Å². The molecule has 2 amide bonds. The van der Waals surface area contributed by atoms with E-state index in [9.17, 15) is 9.59 Å². The number of likely N-dealkylation sites (tertiary alicyclic amines) is 1. The number of primary amides is 1. The Morgan fingerprint density at radius 3 is 2.74 bits per heavy atom. The van der Waals surface area contributed by atoms with Crippen LogP contribution in [-0.4, -0.2) is 36.9 Å². The third-order valence-electron chi connectivity index (χ3n) is 3.37. The minimum Gasteiger partial charge on any atom is -0.497 e. The minimum absolute atomic E-state index is 0.194. The summed E-state index contributed by atoms with van der Waals surface area (Å²) in [6.45, 7) is 0.869. The van der Waals surface area contributed by atoms with Gasteiger partial charge in [0, 0.05) is 18.8 Å². The Morgan fingerprint density at radius 2 is 2.16 bits per heavy atom. The Labute approximate surface area is 111 Å². The summed E-state index contributed by atoms with van der Waals surface area (Å²) in [6, 6.07) is 4.94. The number of nitrogen functional groups attached to an aromatic ring is 1. The van der Waals surface area contributed by atoms with Crippen molar-refractivity contribution < 1.29 is 14.3 Å². The molecule has 0 radical (unpaired) electrons. The third-order valence-corrected chi connectivity index (χ3v) is 3.37. The number of hydrogen-bond acceptors (Lipinski definition) is 4. The molecule has 0 spiro atoms. The Hall–Kier alpha value is -2.24. The van der Waals surface area contributed by atoms with Crippen molar-refractivity contribution in [3.8, 4) is 5.75 Å². The van der Waals surface area contributed by atoms with Gasteiger partial charge in [0.05, 0.1) is 18.6 Å². The lowest BCUT2D eigenvalue weighted by Gasteiger charge is -2.17. The van der Waals surface area contributed by atoms with Gasteiger partial charge in [-0.2, -0.15) is 0 Å². The number of ether oxygens (including phenoxy) is 1. The second-order valence-electron chi connectivity index (χ2n) is 4.59. The molecule has 1 aliphatic heterocycles. The first kappa shape index (κ1) is 13.2. The van der Waals surface area contributed by atoms with Crippen molar-refractivity contribution in [2.75, 3.05) is 25.9 Å². The Morgan fingerprint density at radius 1 is 1.42 bits per heavy atom. The summed E-state index contributed by atoms with van der Waals surface area (Å²) in [5.41, 5.74) is 11.9. The topological polar surface area (TPSA) is 98.7 Å². The van der Waals surface area contributed by atoms with Gasteiger partial charge in [0.15, 0.2) is 0 Å². The van der Waals surface area contributed by atoms with Gasteiger partial charge in [-0.25, -0.2) is 0 Å². The summed E-state index contributed by atoms with van der Waals surface area (Å²) in [5, 5.41) is 0. The average Bonchev–Trinajstić information content (AvgIpc) is 2.88. The van der Waals surface area contributed by atoms with E-state index >= 15 is 0 Å². The number of carbonyl (C=O) groups excluding carboxylic acids is 2. The largest absolute Gasteiger partial charge is 0.497 e. The molecule has 0 bridgehead atoms. The van der Waals surface area contributed by atoms with Crippen LogP contribution in [0.2, 0.25) is 0 Å². The summed E-state index contributed by atoms with van der Waals surface area (Å²) < 4.78 is 5.08. The highest BCUT2D eigenvalue weighted by atomic mass is 16.5. The molecule has 6 nitrogen and oxygen atoms in total. The van der Waals surface area contributed by atoms with Gasteiger partial charge in [-0.1, -0.05) is 0 Å². The molecule has 2 rings (SSSR count). The zero-order chi connectivity index (χ0) is 14.0. The predicted molar refractivity (Wildman–Crippen MR) is 70.6 cm³/mol. The molecule has 19 heavy (non-hydrogen) atoms. The van der Waals surface area contributed by atoms with Crippen LogP contribution < -0.4 is 16.2 Å². The first-order chi connectivity index (χ1) is 9.02. The molecule has 1 heterocycles. The molecule has 0 aromatic heterocycles. The van der Waals surface area contributed by atoms with Crippen LogP contribution in [0, 0.1) is 5.92 Å². The highest BCUT2D eigenvalue weighted by Crippen LogP contribution is 2.24. The van der Waals surface area contributed by atoms with Crippen LogP contribution in [0.15, 0.2) is 18.2 Å². The van der Waals surface area contributed by atoms with Crippen molar-refractivity contribution in [2.45, 2.75) is 6.42 Å². The third kappa shape index (κ3) is 2.62. The van der Waals surface area contributed by atoms with Crippen LogP contribution in [-0.2, 0) is 4.79 Å². The van der Waals surface area contributed by atoms with Crippen molar-refractivity contribution in [3.63, 3.8) is 0 Å². The Balaban J connectivity index is 2.18. The molecule has 1 saturated heterocycles. The number of carbonyl (C=O) groups is 2. The Bertz CT molecular complexity index is 516. The first-order valence-corrected chi connectivity index (χ1v) is 6.05. The predicted octanol–water partition coefficient (Wildman–Crippen LogP) is 0.225. The van der Waals surface area contributed by atoms with E-state index < -0.39 is 0 Å². The average molecular weight is 263 g/mol. The van der Waals surface area contributed by atoms with Crippen LogP contribution in [0.25, 0.3) is 0 Å². The first-order valence-electron chi connectivity index (χ1n) is 6.05. The van der Waals surface area contributed by atoms with E-state index in [4.69, 9.17) is 16.2 Å². The van der Waals surface area contributed by atoms with Crippen LogP contribution in [0.1, 0.15) is 16.8 Å². The van der Waals surface area contributed by atoms with Gasteiger partial charge < -0.3 is 21.1 Å². The number of benzene rings is 1. The maximum Gasteiger partial charge on any atom is 0.256 e. The molecular formula is C13H17N3O3. The molecule has 4 N–H and O–H groups in total. The van der Waals surface area contributed by atoms with Crippen molar-refractivity contribution in [1.29, 1.82) is 0 Å². The SMILES string of the molecule is COc1ccc(N)c(C(=O)N2CCC(C(N)=O)C2)c1. The maximum atomic E-state index is 12.3. The highest BCUT2D eigenvalue weighted by Gasteiger charge is 2.30. The summed E-state index contributed by atoms with van der Waals surface area (Å²) in [4.78, 5) is 25.1. The zero-order valence-corrected chi connectivity index (χ0v) is 10.8. The standard InChI is InChI=1S/C13H17N3O3/c1-19-9-2-3-11(14)10(6-9)13(18)16-5-4-8(7-16)12(15)17/h2-3,6,8H,4-5,7,14H2,1H3,(H2,15,17).